The smallest absolute Gasteiger partial charge is 0.193 e. The zero-order chi connectivity index (χ0) is 14.2. The molecule has 1 aliphatic rings. The molecule has 1 aromatic rings. The molecule has 1 aromatic carbocycles. The standard InChI is InChI=1S/C16H25N3S/c1-3-17-16(19-11-7-8-12-19)18-13-14(2)20-15-9-5-4-6-10-15/h4-6,9-10,14H,3,7-8,11-13H2,1-2H3,(H,17,18). The van der Waals surface area contributed by atoms with Gasteiger partial charge in [-0.15, -0.1) is 11.8 Å². The summed E-state index contributed by atoms with van der Waals surface area (Å²) in [6, 6.07) is 10.6. The highest BCUT2D eigenvalue weighted by Gasteiger charge is 2.15. The maximum Gasteiger partial charge on any atom is 0.193 e. The second-order valence-corrected chi connectivity index (χ2v) is 6.64. The first-order chi connectivity index (χ1) is 9.79. The van der Waals surface area contributed by atoms with Gasteiger partial charge in [-0.1, -0.05) is 25.1 Å². The van der Waals surface area contributed by atoms with Crippen LogP contribution in [0, 0.1) is 0 Å². The molecule has 0 radical (unpaired) electrons. The molecule has 0 bridgehead atoms. The summed E-state index contributed by atoms with van der Waals surface area (Å²) in [4.78, 5) is 8.50. The van der Waals surface area contributed by atoms with Crippen molar-refractivity contribution in [1.82, 2.24) is 10.2 Å². The van der Waals surface area contributed by atoms with E-state index in [1.165, 1.54) is 17.7 Å². The van der Waals surface area contributed by atoms with Crippen LogP contribution in [0.2, 0.25) is 0 Å². The first-order valence-electron chi connectivity index (χ1n) is 7.54. The first-order valence-corrected chi connectivity index (χ1v) is 8.42. The SMILES string of the molecule is CCNC(=NCC(C)Sc1ccccc1)N1CCCC1. The summed E-state index contributed by atoms with van der Waals surface area (Å²) in [6.07, 6.45) is 2.58. The highest BCUT2D eigenvalue weighted by molar-refractivity contribution is 8.00. The lowest BCUT2D eigenvalue weighted by Gasteiger charge is -2.21. The summed E-state index contributed by atoms with van der Waals surface area (Å²) in [5, 5.41) is 3.90. The summed E-state index contributed by atoms with van der Waals surface area (Å²) in [6.45, 7) is 8.47. The van der Waals surface area contributed by atoms with Crippen molar-refractivity contribution in [1.29, 1.82) is 0 Å². The molecule has 0 saturated carbocycles. The van der Waals surface area contributed by atoms with Crippen molar-refractivity contribution in [3.05, 3.63) is 30.3 Å². The molecule has 1 aliphatic heterocycles. The fourth-order valence-electron chi connectivity index (χ4n) is 2.34. The number of aliphatic imine (C=N–C) groups is 1. The van der Waals surface area contributed by atoms with Gasteiger partial charge in [0.1, 0.15) is 0 Å². The molecule has 110 valence electrons. The molecule has 0 amide bonds. The summed E-state index contributed by atoms with van der Waals surface area (Å²) >= 11 is 1.89. The Hall–Kier alpha value is -1.16. The fourth-order valence-corrected chi connectivity index (χ4v) is 3.27. The van der Waals surface area contributed by atoms with E-state index >= 15 is 0 Å². The molecule has 2 rings (SSSR count). The number of likely N-dealkylation sites (tertiary alicyclic amines) is 1. The molecule has 0 spiro atoms. The van der Waals surface area contributed by atoms with E-state index in [1.54, 1.807) is 0 Å². The van der Waals surface area contributed by atoms with E-state index < -0.39 is 0 Å². The maximum atomic E-state index is 4.80. The molecule has 0 aromatic heterocycles. The number of hydrogen-bond acceptors (Lipinski definition) is 2. The van der Waals surface area contributed by atoms with Gasteiger partial charge in [-0.2, -0.15) is 0 Å². The van der Waals surface area contributed by atoms with Crippen LogP contribution < -0.4 is 5.32 Å². The van der Waals surface area contributed by atoms with Crippen molar-refractivity contribution in [3.63, 3.8) is 0 Å². The lowest BCUT2D eigenvalue weighted by Crippen LogP contribution is -2.39. The molecule has 1 unspecified atom stereocenters. The van der Waals surface area contributed by atoms with Gasteiger partial charge in [0.15, 0.2) is 5.96 Å². The summed E-state index contributed by atoms with van der Waals surface area (Å²) in [7, 11) is 0. The molecule has 4 heteroatoms. The summed E-state index contributed by atoms with van der Waals surface area (Å²) in [5.74, 6) is 1.09. The Morgan fingerprint density at radius 3 is 2.65 bits per heavy atom. The van der Waals surface area contributed by atoms with Crippen LogP contribution >= 0.6 is 11.8 Å². The van der Waals surface area contributed by atoms with E-state index in [0.717, 1.165) is 32.1 Å². The van der Waals surface area contributed by atoms with Gasteiger partial charge in [0.25, 0.3) is 0 Å². The van der Waals surface area contributed by atoms with E-state index in [0.29, 0.717) is 5.25 Å². The van der Waals surface area contributed by atoms with Crippen molar-refractivity contribution in [2.75, 3.05) is 26.2 Å². The van der Waals surface area contributed by atoms with E-state index in [-0.39, 0.29) is 0 Å². The molecular formula is C16H25N3S. The predicted octanol–water partition coefficient (Wildman–Crippen LogP) is 3.23. The third kappa shape index (κ3) is 4.75. The molecule has 0 aliphatic carbocycles. The molecule has 1 atom stereocenters. The van der Waals surface area contributed by atoms with Crippen molar-refractivity contribution in [2.24, 2.45) is 4.99 Å². The Balaban J connectivity index is 1.87. The van der Waals surface area contributed by atoms with Gasteiger partial charge in [0, 0.05) is 29.8 Å². The van der Waals surface area contributed by atoms with Crippen LogP contribution in [0.3, 0.4) is 0 Å². The predicted molar refractivity (Wildman–Crippen MR) is 88.5 cm³/mol. The van der Waals surface area contributed by atoms with Crippen molar-refractivity contribution in [2.45, 2.75) is 36.8 Å². The van der Waals surface area contributed by atoms with Crippen LogP contribution in [-0.4, -0.2) is 42.3 Å². The number of nitrogens with zero attached hydrogens (tertiary/aromatic N) is 2. The normalized spacial score (nSPS) is 17.3. The topological polar surface area (TPSA) is 27.6 Å². The lowest BCUT2D eigenvalue weighted by molar-refractivity contribution is 0.494. The van der Waals surface area contributed by atoms with E-state index in [2.05, 4.69) is 54.4 Å². The van der Waals surface area contributed by atoms with E-state index in [4.69, 9.17) is 4.99 Å². The number of thioether (sulfide) groups is 1. The van der Waals surface area contributed by atoms with Crippen LogP contribution in [0.15, 0.2) is 40.2 Å². The van der Waals surface area contributed by atoms with Crippen molar-refractivity contribution in [3.8, 4) is 0 Å². The second kappa shape index (κ2) is 8.20. The van der Waals surface area contributed by atoms with E-state index in [9.17, 15) is 0 Å². The monoisotopic (exact) mass is 291 g/mol. The van der Waals surface area contributed by atoms with Gasteiger partial charge in [-0.05, 0) is 31.9 Å². The summed E-state index contributed by atoms with van der Waals surface area (Å²) < 4.78 is 0. The molecule has 1 heterocycles. The molecule has 1 fully saturated rings. The number of guanidine groups is 1. The number of nitrogens with one attached hydrogen (secondary N) is 1. The number of rotatable bonds is 5. The Bertz CT molecular complexity index is 413. The van der Waals surface area contributed by atoms with Crippen molar-refractivity contribution >= 4 is 17.7 Å². The van der Waals surface area contributed by atoms with Gasteiger partial charge in [-0.3, -0.25) is 4.99 Å². The Labute approximate surface area is 126 Å². The first kappa shape index (κ1) is 15.2. The minimum absolute atomic E-state index is 0.494. The lowest BCUT2D eigenvalue weighted by atomic mass is 10.4. The van der Waals surface area contributed by atoms with Gasteiger partial charge in [0.05, 0.1) is 6.54 Å². The van der Waals surface area contributed by atoms with Crippen LogP contribution in [0.5, 0.6) is 0 Å². The average molecular weight is 291 g/mol. The zero-order valence-electron chi connectivity index (χ0n) is 12.5. The van der Waals surface area contributed by atoms with Gasteiger partial charge in [-0.25, -0.2) is 0 Å². The highest BCUT2D eigenvalue weighted by Crippen LogP contribution is 2.22. The van der Waals surface area contributed by atoms with Crippen molar-refractivity contribution < 1.29 is 0 Å². The number of benzene rings is 1. The van der Waals surface area contributed by atoms with E-state index in [1.807, 2.05) is 11.8 Å². The minimum atomic E-state index is 0.494. The quantitative estimate of drug-likeness (QED) is 0.513. The highest BCUT2D eigenvalue weighted by atomic mass is 32.2. The minimum Gasteiger partial charge on any atom is -0.357 e. The molecule has 1 N–H and O–H groups in total. The molecular weight excluding hydrogens is 266 g/mol. The van der Waals surface area contributed by atoms with Gasteiger partial charge in [0.2, 0.25) is 0 Å². The maximum absolute atomic E-state index is 4.80. The van der Waals surface area contributed by atoms with Crippen LogP contribution in [0.4, 0.5) is 0 Å². The zero-order valence-corrected chi connectivity index (χ0v) is 13.3. The fraction of sp³-hybridized carbons (Fsp3) is 0.562. The third-order valence-electron chi connectivity index (χ3n) is 3.32. The van der Waals surface area contributed by atoms with Gasteiger partial charge < -0.3 is 10.2 Å². The Kier molecular flexibility index (Phi) is 6.25. The Morgan fingerprint density at radius 2 is 2.00 bits per heavy atom. The summed E-state index contributed by atoms with van der Waals surface area (Å²) in [5.41, 5.74) is 0. The molecule has 3 nitrogen and oxygen atoms in total. The van der Waals surface area contributed by atoms with Crippen LogP contribution in [0.25, 0.3) is 0 Å². The largest absolute Gasteiger partial charge is 0.357 e. The van der Waals surface area contributed by atoms with Crippen LogP contribution in [-0.2, 0) is 0 Å². The third-order valence-corrected chi connectivity index (χ3v) is 4.41. The van der Waals surface area contributed by atoms with Gasteiger partial charge >= 0.3 is 0 Å². The number of hydrogen-bond donors (Lipinski definition) is 1. The molecule has 1 saturated heterocycles. The Morgan fingerprint density at radius 1 is 1.30 bits per heavy atom. The average Bonchev–Trinajstić information content (AvgIpc) is 2.98. The second-order valence-electron chi connectivity index (χ2n) is 5.13. The van der Waals surface area contributed by atoms with Crippen LogP contribution in [0.1, 0.15) is 26.7 Å². The molecule has 20 heavy (non-hydrogen) atoms.